The maximum Gasteiger partial charge on any atom is 0.253 e. The molecule has 1 amide bonds. The van der Waals surface area contributed by atoms with Gasteiger partial charge in [-0.15, -0.1) is 0 Å². The Morgan fingerprint density at radius 1 is 1.00 bits per heavy atom. The number of benzene rings is 2. The molecule has 1 fully saturated rings. The van der Waals surface area contributed by atoms with Crippen molar-refractivity contribution >= 4 is 33.6 Å². The number of para-hydroxylation sites is 1. The Morgan fingerprint density at radius 3 is 2.43 bits per heavy atom. The minimum absolute atomic E-state index is 0.00750. The predicted octanol–water partition coefficient (Wildman–Crippen LogP) is 4.85. The SMILES string of the molecule is O=C(Nc1ccccc1)C1=C(N2CCOCC2)C(=Cc2ccc(Br)cc2)CC1. The van der Waals surface area contributed by atoms with Gasteiger partial charge >= 0.3 is 0 Å². The molecule has 4 rings (SSSR count). The highest BCUT2D eigenvalue weighted by Crippen LogP contribution is 2.36. The van der Waals surface area contributed by atoms with Crippen LogP contribution < -0.4 is 5.32 Å². The van der Waals surface area contributed by atoms with Gasteiger partial charge in [0.1, 0.15) is 0 Å². The van der Waals surface area contributed by atoms with E-state index in [9.17, 15) is 4.79 Å². The molecular weight excluding hydrogens is 416 g/mol. The lowest BCUT2D eigenvalue weighted by Crippen LogP contribution is -2.36. The summed E-state index contributed by atoms with van der Waals surface area (Å²) < 4.78 is 6.59. The zero-order valence-electron chi connectivity index (χ0n) is 15.7. The number of hydrogen-bond acceptors (Lipinski definition) is 3. The average molecular weight is 439 g/mol. The predicted molar refractivity (Wildman–Crippen MR) is 116 cm³/mol. The average Bonchev–Trinajstić information content (AvgIpc) is 3.15. The Kier molecular flexibility index (Phi) is 5.93. The molecule has 2 aliphatic rings. The van der Waals surface area contributed by atoms with Gasteiger partial charge in [-0.05, 0) is 54.3 Å². The third-order valence-corrected chi connectivity index (χ3v) is 5.61. The number of amides is 1. The van der Waals surface area contributed by atoms with E-state index in [-0.39, 0.29) is 5.91 Å². The molecule has 0 atom stereocenters. The van der Waals surface area contributed by atoms with Crippen molar-refractivity contribution in [2.75, 3.05) is 31.6 Å². The molecule has 2 aromatic rings. The third kappa shape index (κ3) is 4.37. The molecule has 5 heteroatoms. The van der Waals surface area contributed by atoms with Crippen LogP contribution in [-0.2, 0) is 9.53 Å². The molecule has 1 N–H and O–H groups in total. The molecule has 28 heavy (non-hydrogen) atoms. The number of nitrogens with one attached hydrogen (secondary N) is 1. The summed E-state index contributed by atoms with van der Waals surface area (Å²) in [6.07, 6.45) is 3.84. The van der Waals surface area contributed by atoms with Crippen LogP contribution in [0.5, 0.6) is 0 Å². The molecule has 1 saturated heterocycles. The van der Waals surface area contributed by atoms with Crippen molar-refractivity contribution in [1.82, 2.24) is 4.90 Å². The minimum Gasteiger partial charge on any atom is -0.378 e. The van der Waals surface area contributed by atoms with E-state index in [4.69, 9.17) is 4.74 Å². The number of nitrogens with zero attached hydrogens (tertiary/aromatic N) is 1. The van der Waals surface area contributed by atoms with Gasteiger partial charge in [-0.1, -0.05) is 46.3 Å². The minimum atomic E-state index is -0.00750. The zero-order valence-corrected chi connectivity index (χ0v) is 17.2. The van der Waals surface area contributed by atoms with E-state index in [0.717, 1.165) is 52.9 Å². The zero-order chi connectivity index (χ0) is 19.3. The molecule has 0 spiro atoms. The van der Waals surface area contributed by atoms with Gasteiger partial charge in [0.15, 0.2) is 0 Å². The van der Waals surface area contributed by atoms with Crippen molar-refractivity contribution in [2.24, 2.45) is 0 Å². The Balaban J connectivity index is 1.67. The lowest BCUT2D eigenvalue weighted by molar-refractivity contribution is -0.113. The van der Waals surface area contributed by atoms with Crippen molar-refractivity contribution in [2.45, 2.75) is 12.8 Å². The van der Waals surface area contributed by atoms with E-state index >= 15 is 0 Å². The second-order valence-corrected chi connectivity index (χ2v) is 7.88. The summed E-state index contributed by atoms with van der Waals surface area (Å²) in [5.74, 6) is -0.00750. The van der Waals surface area contributed by atoms with Gasteiger partial charge in [0.05, 0.1) is 13.2 Å². The molecule has 0 bridgehead atoms. The van der Waals surface area contributed by atoms with Gasteiger partial charge in [0.25, 0.3) is 5.91 Å². The number of ether oxygens (including phenoxy) is 1. The summed E-state index contributed by atoms with van der Waals surface area (Å²) in [4.78, 5) is 15.4. The number of carbonyl (C=O) groups is 1. The van der Waals surface area contributed by atoms with Crippen LogP contribution in [0.1, 0.15) is 18.4 Å². The van der Waals surface area contributed by atoms with Gasteiger partial charge in [-0.25, -0.2) is 0 Å². The summed E-state index contributed by atoms with van der Waals surface area (Å²) in [5, 5.41) is 3.06. The molecule has 1 heterocycles. The molecule has 0 saturated carbocycles. The first-order chi connectivity index (χ1) is 13.7. The molecule has 4 nitrogen and oxygen atoms in total. The van der Waals surface area contributed by atoms with Gasteiger partial charge in [-0.3, -0.25) is 4.79 Å². The highest BCUT2D eigenvalue weighted by atomic mass is 79.9. The van der Waals surface area contributed by atoms with Gasteiger partial charge in [-0.2, -0.15) is 0 Å². The fraction of sp³-hybridized carbons (Fsp3) is 0.261. The van der Waals surface area contributed by atoms with Crippen molar-refractivity contribution in [3.63, 3.8) is 0 Å². The summed E-state index contributed by atoms with van der Waals surface area (Å²) >= 11 is 3.49. The van der Waals surface area contributed by atoms with Crippen LogP contribution in [0.4, 0.5) is 5.69 Å². The Hall–Kier alpha value is -2.37. The van der Waals surface area contributed by atoms with Crippen LogP contribution >= 0.6 is 15.9 Å². The lowest BCUT2D eigenvalue weighted by atomic mass is 10.1. The van der Waals surface area contributed by atoms with Crippen molar-refractivity contribution < 1.29 is 9.53 Å². The summed E-state index contributed by atoms with van der Waals surface area (Å²) in [5.41, 5.74) is 5.15. The molecule has 1 aliphatic carbocycles. The number of allylic oxidation sites excluding steroid dienone is 1. The van der Waals surface area contributed by atoms with Crippen molar-refractivity contribution in [3.05, 3.63) is 81.5 Å². The summed E-state index contributed by atoms with van der Waals surface area (Å²) in [6.45, 7) is 3.02. The summed E-state index contributed by atoms with van der Waals surface area (Å²) in [6, 6.07) is 17.9. The standard InChI is InChI=1S/C23H23BrN2O2/c24-19-9-6-17(7-10-19)16-18-8-11-21(22(18)26-12-14-28-15-13-26)23(27)25-20-4-2-1-3-5-20/h1-7,9-10,16H,8,11-15H2,(H,25,27). The van der Waals surface area contributed by atoms with Crippen molar-refractivity contribution in [1.29, 1.82) is 0 Å². The van der Waals surface area contributed by atoms with Gasteiger partial charge < -0.3 is 15.0 Å². The second kappa shape index (κ2) is 8.76. The molecular formula is C23H23BrN2O2. The van der Waals surface area contributed by atoms with Gasteiger partial charge in [0.2, 0.25) is 0 Å². The Bertz CT molecular complexity index is 898. The van der Waals surface area contributed by atoms with Crippen molar-refractivity contribution in [3.8, 4) is 0 Å². The lowest BCUT2D eigenvalue weighted by Gasteiger charge is -2.31. The smallest absolute Gasteiger partial charge is 0.253 e. The quantitative estimate of drug-likeness (QED) is 0.741. The third-order valence-electron chi connectivity index (χ3n) is 5.08. The van der Waals surface area contributed by atoms with E-state index < -0.39 is 0 Å². The number of carbonyl (C=O) groups excluding carboxylic acids is 1. The first-order valence-corrected chi connectivity index (χ1v) is 10.4. The number of halogens is 1. The Morgan fingerprint density at radius 2 is 1.71 bits per heavy atom. The fourth-order valence-electron chi connectivity index (χ4n) is 3.72. The molecule has 1 aliphatic heterocycles. The molecule has 2 aromatic carbocycles. The molecule has 144 valence electrons. The van der Waals surface area contributed by atoms with E-state index in [1.807, 2.05) is 42.5 Å². The molecule has 0 unspecified atom stereocenters. The van der Waals surface area contributed by atoms with Crippen LogP contribution in [0.3, 0.4) is 0 Å². The van der Waals surface area contributed by atoms with Crippen LogP contribution in [0.25, 0.3) is 6.08 Å². The summed E-state index contributed by atoms with van der Waals surface area (Å²) in [7, 11) is 0. The van der Waals surface area contributed by atoms with Crippen LogP contribution in [0, 0.1) is 0 Å². The van der Waals surface area contributed by atoms with Crippen LogP contribution in [-0.4, -0.2) is 37.1 Å². The van der Waals surface area contributed by atoms with E-state index in [0.29, 0.717) is 13.2 Å². The number of hydrogen-bond donors (Lipinski definition) is 1. The van der Waals surface area contributed by atoms with E-state index in [1.54, 1.807) is 0 Å². The van der Waals surface area contributed by atoms with Gasteiger partial charge in [0, 0.05) is 34.5 Å². The van der Waals surface area contributed by atoms with E-state index in [2.05, 4.69) is 44.4 Å². The highest BCUT2D eigenvalue weighted by Gasteiger charge is 2.29. The first kappa shape index (κ1) is 19.0. The van der Waals surface area contributed by atoms with Crippen LogP contribution in [0.2, 0.25) is 0 Å². The van der Waals surface area contributed by atoms with Crippen LogP contribution in [0.15, 0.2) is 75.9 Å². The Labute approximate surface area is 174 Å². The monoisotopic (exact) mass is 438 g/mol. The number of morpholine rings is 1. The maximum atomic E-state index is 13.1. The number of anilines is 1. The highest BCUT2D eigenvalue weighted by molar-refractivity contribution is 9.10. The molecule has 0 aromatic heterocycles. The fourth-order valence-corrected chi connectivity index (χ4v) is 3.99. The maximum absolute atomic E-state index is 13.1. The molecule has 0 radical (unpaired) electrons. The number of rotatable bonds is 4. The first-order valence-electron chi connectivity index (χ1n) is 9.59. The normalized spacial score (nSPS) is 18.6. The van der Waals surface area contributed by atoms with E-state index in [1.165, 1.54) is 5.57 Å². The second-order valence-electron chi connectivity index (χ2n) is 6.97. The topological polar surface area (TPSA) is 41.6 Å². The largest absolute Gasteiger partial charge is 0.378 e.